The molecule has 3 heterocycles. The molecule has 1 fully saturated rings. The molecule has 0 saturated heterocycles. The van der Waals surface area contributed by atoms with E-state index in [1.807, 2.05) is 13.0 Å². The summed E-state index contributed by atoms with van der Waals surface area (Å²) in [6.07, 6.45) is 2.18. The number of nitrogens with two attached hydrogens (primary N) is 1. The summed E-state index contributed by atoms with van der Waals surface area (Å²) in [6.45, 7) is 3.65. The number of aromatic nitrogens is 4. The summed E-state index contributed by atoms with van der Waals surface area (Å²) >= 11 is 1.26. The van der Waals surface area contributed by atoms with Crippen molar-refractivity contribution < 1.29 is 9.32 Å². The highest BCUT2D eigenvalue weighted by Gasteiger charge is 2.29. The van der Waals surface area contributed by atoms with Crippen molar-refractivity contribution in [3.63, 3.8) is 0 Å². The van der Waals surface area contributed by atoms with Gasteiger partial charge in [0, 0.05) is 11.6 Å². The molecule has 4 rings (SSSR count). The summed E-state index contributed by atoms with van der Waals surface area (Å²) in [7, 11) is 0. The molecule has 8 nitrogen and oxygen atoms in total. The molecule has 3 N–H and O–H groups in total. The molecular weight excluding hydrogens is 328 g/mol. The van der Waals surface area contributed by atoms with E-state index in [0.29, 0.717) is 38.4 Å². The van der Waals surface area contributed by atoms with E-state index in [4.69, 9.17) is 10.3 Å². The predicted octanol–water partition coefficient (Wildman–Crippen LogP) is 2.33. The summed E-state index contributed by atoms with van der Waals surface area (Å²) in [4.78, 5) is 17.3. The zero-order chi connectivity index (χ0) is 16.8. The minimum Gasteiger partial charge on any atom is -0.374 e. The molecule has 124 valence electrons. The van der Waals surface area contributed by atoms with E-state index in [9.17, 15) is 4.79 Å². The molecule has 9 heteroatoms. The van der Waals surface area contributed by atoms with E-state index in [1.165, 1.54) is 11.3 Å². The number of pyridine rings is 1. The van der Waals surface area contributed by atoms with Crippen LogP contribution in [0.25, 0.3) is 11.1 Å². The lowest BCUT2D eigenvalue weighted by molar-refractivity contribution is 0.0941. The fourth-order valence-electron chi connectivity index (χ4n) is 2.64. The minimum absolute atomic E-state index is 0.211. The number of rotatable bonds is 4. The van der Waals surface area contributed by atoms with Crippen LogP contribution in [0.5, 0.6) is 0 Å². The Kier molecular flexibility index (Phi) is 3.45. The van der Waals surface area contributed by atoms with Gasteiger partial charge < -0.3 is 15.6 Å². The molecule has 1 aliphatic rings. The van der Waals surface area contributed by atoms with Gasteiger partial charge in [-0.1, -0.05) is 16.5 Å². The largest absolute Gasteiger partial charge is 0.374 e. The Morgan fingerprint density at radius 1 is 1.46 bits per heavy atom. The van der Waals surface area contributed by atoms with Gasteiger partial charge in [0.1, 0.15) is 5.01 Å². The monoisotopic (exact) mass is 344 g/mol. The van der Waals surface area contributed by atoms with Gasteiger partial charge in [0.25, 0.3) is 11.6 Å². The molecule has 3 aromatic rings. The molecular formula is C15H16N6O2S. The smallest absolute Gasteiger partial charge is 0.259 e. The number of hydrogen-bond donors (Lipinski definition) is 2. The Morgan fingerprint density at radius 2 is 2.25 bits per heavy atom. The molecule has 1 aliphatic carbocycles. The van der Waals surface area contributed by atoms with Crippen molar-refractivity contribution in [1.82, 2.24) is 25.7 Å². The first-order valence-electron chi connectivity index (χ1n) is 7.69. The number of nitrogen functional groups attached to an aromatic ring is 1. The number of fused-ring (bicyclic) bond motifs is 1. The third-order valence-electron chi connectivity index (χ3n) is 4.05. The molecule has 0 aromatic carbocycles. The molecule has 1 amide bonds. The quantitative estimate of drug-likeness (QED) is 0.745. The van der Waals surface area contributed by atoms with Crippen LogP contribution in [0.1, 0.15) is 58.5 Å². The van der Waals surface area contributed by atoms with Gasteiger partial charge in [-0.2, -0.15) is 0 Å². The van der Waals surface area contributed by atoms with E-state index in [1.54, 1.807) is 6.92 Å². The topological polar surface area (TPSA) is 120 Å². The molecule has 0 radical (unpaired) electrons. The highest BCUT2D eigenvalue weighted by atomic mass is 32.1. The van der Waals surface area contributed by atoms with Gasteiger partial charge in [-0.3, -0.25) is 4.79 Å². The number of nitrogens with zero attached hydrogens (tertiary/aromatic N) is 4. The summed E-state index contributed by atoms with van der Waals surface area (Å²) in [5, 5.41) is 16.3. The van der Waals surface area contributed by atoms with Crippen molar-refractivity contribution in [1.29, 1.82) is 0 Å². The SMILES string of the molecule is Cc1noc2nc(C3CC3)cc(C(=O)N[C@H](C)c3nnc(N)s3)c12. The lowest BCUT2D eigenvalue weighted by Crippen LogP contribution is -2.27. The second-order valence-corrected chi connectivity index (χ2v) is 7.03. The van der Waals surface area contributed by atoms with E-state index in [2.05, 4.69) is 25.7 Å². The van der Waals surface area contributed by atoms with Crippen molar-refractivity contribution >= 4 is 33.5 Å². The fourth-order valence-corrected chi connectivity index (χ4v) is 3.25. The van der Waals surface area contributed by atoms with Crippen molar-refractivity contribution in [3.05, 3.63) is 28.0 Å². The molecule has 1 atom stereocenters. The average Bonchev–Trinajstić information content (AvgIpc) is 3.22. The maximum Gasteiger partial charge on any atom is 0.259 e. The van der Waals surface area contributed by atoms with Crippen LogP contribution in [0.15, 0.2) is 10.6 Å². The first-order chi connectivity index (χ1) is 11.5. The molecule has 0 bridgehead atoms. The first kappa shape index (κ1) is 15.0. The number of aryl methyl sites for hydroxylation is 1. The van der Waals surface area contributed by atoms with E-state index < -0.39 is 0 Å². The molecule has 24 heavy (non-hydrogen) atoms. The fraction of sp³-hybridized carbons (Fsp3) is 0.400. The number of nitrogens with one attached hydrogen (secondary N) is 1. The van der Waals surface area contributed by atoms with Gasteiger partial charge in [-0.15, -0.1) is 10.2 Å². The summed E-state index contributed by atoms with van der Waals surface area (Å²) < 4.78 is 5.27. The maximum absolute atomic E-state index is 12.8. The van der Waals surface area contributed by atoms with Gasteiger partial charge in [-0.05, 0) is 32.8 Å². The Bertz CT molecular complexity index is 929. The zero-order valence-electron chi connectivity index (χ0n) is 13.2. The predicted molar refractivity (Wildman–Crippen MR) is 88.7 cm³/mol. The van der Waals surface area contributed by atoms with Gasteiger partial charge in [0.05, 0.1) is 22.7 Å². The highest BCUT2D eigenvalue weighted by Crippen LogP contribution is 2.40. The standard InChI is InChI=1S/C15H16N6O2S/c1-6-11-9(5-10(8-3-4-8)18-13(11)23-21-6)12(22)17-7(2)14-19-20-15(16)24-14/h5,7-8H,3-4H2,1-2H3,(H2,16,20)(H,17,22)/t7-/m1/s1. The van der Waals surface area contributed by atoms with E-state index >= 15 is 0 Å². The van der Waals surface area contributed by atoms with Crippen LogP contribution in [-0.2, 0) is 0 Å². The first-order valence-corrected chi connectivity index (χ1v) is 8.51. The van der Waals surface area contributed by atoms with Crippen LogP contribution in [0.3, 0.4) is 0 Å². The molecule has 0 spiro atoms. The minimum atomic E-state index is -0.292. The van der Waals surface area contributed by atoms with Gasteiger partial charge in [0.2, 0.25) is 5.13 Å². The lowest BCUT2D eigenvalue weighted by atomic mass is 10.1. The third kappa shape index (κ3) is 2.60. The number of carbonyl (C=O) groups is 1. The number of amides is 1. The van der Waals surface area contributed by atoms with E-state index in [-0.39, 0.29) is 11.9 Å². The Morgan fingerprint density at radius 3 is 2.92 bits per heavy atom. The second kappa shape index (κ2) is 5.52. The normalized spacial score (nSPS) is 15.6. The summed E-state index contributed by atoms with van der Waals surface area (Å²) in [5.74, 6) is 0.198. The Hall–Kier alpha value is -2.55. The van der Waals surface area contributed by atoms with Crippen LogP contribution in [-0.4, -0.2) is 26.2 Å². The number of anilines is 1. The molecule has 0 aliphatic heterocycles. The van der Waals surface area contributed by atoms with Crippen LogP contribution < -0.4 is 11.1 Å². The lowest BCUT2D eigenvalue weighted by Gasteiger charge is -2.12. The van der Waals surface area contributed by atoms with Gasteiger partial charge in [-0.25, -0.2) is 4.98 Å². The Labute approximate surface area is 141 Å². The van der Waals surface area contributed by atoms with Crippen molar-refractivity contribution in [3.8, 4) is 0 Å². The summed E-state index contributed by atoms with van der Waals surface area (Å²) in [6, 6.07) is 1.56. The number of carbonyl (C=O) groups excluding carboxylic acids is 1. The van der Waals surface area contributed by atoms with Crippen LogP contribution in [0, 0.1) is 6.92 Å². The zero-order valence-corrected chi connectivity index (χ0v) is 14.1. The van der Waals surface area contributed by atoms with Crippen LogP contribution in [0.4, 0.5) is 5.13 Å². The van der Waals surface area contributed by atoms with Crippen molar-refractivity contribution in [2.75, 3.05) is 5.73 Å². The van der Waals surface area contributed by atoms with Crippen LogP contribution in [0.2, 0.25) is 0 Å². The van der Waals surface area contributed by atoms with Crippen molar-refractivity contribution in [2.45, 2.75) is 38.6 Å². The average molecular weight is 344 g/mol. The third-order valence-corrected chi connectivity index (χ3v) is 4.99. The van der Waals surface area contributed by atoms with Gasteiger partial charge in [0.15, 0.2) is 0 Å². The molecule has 3 aromatic heterocycles. The van der Waals surface area contributed by atoms with Crippen molar-refractivity contribution in [2.24, 2.45) is 0 Å². The number of hydrogen-bond acceptors (Lipinski definition) is 8. The second-order valence-electron chi connectivity index (χ2n) is 5.99. The maximum atomic E-state index is 12.8. The highest BCUT2D eigenvalue weighted by molar-refractivity contribution is 7.15. The van der Waals surface area contributed by atoms with Crippen LogP contribution >= 0.6 is 11.3 Å². The summed E-state index contributed by atoms with van der Waals surface area (Å²) in [5.41, 5.74) is 8.08. The Balaban J connectivity index is 1.69. The molecule has 0 unspecified atom stereocenters. The van der Waals surface area contributed by atoms with Gasteiger partial charge >= 0.3 is 0 Å². The van der Waals surface area contributed by atoms with E-state index in [0.717, 1.165) is 18.5 Å². The molecule has 1 saturated carbocycles.